The van der Waals surface area contributed by atoms with E-state index in [4.69, 9.17) is 0 Å². The van der Waals surface area contributed by atoms with Crippen molar-refractivity contribution in [2.75, 3.05) is 0 Å². The molecule has 0 heteroatoms. The summed E-state index contributed by atoms with van der Waals surface area (Å²) in [5.41, 5.74) is 1.52. The molecule has 0 saturated heterocycles. The molecule has 2 rings (SSSR count). The molecular formula is C13H20. The summed E-state index contributed by atoms with van der Waals surface area (Å²) in [4.78, 5) is 0. The fraction of sp³-hybridized carbons (Fsp3) is 0.538. The maximum atomic E-state index is 2.26. The van der Waals surface area contributed by atoms with Crippen LogP contribution in [-0.4, -0.2) is 0 Å². The van der Waals surface area contributed by atoms with Gasteiger partial charge >= 0.3 is 0 Å². The van der Waals surface area contributed by atoms with Crippen LogP contribution in [0.4, 0.5) is 0 Å². The molecular weight excluding hydrogens is 156 g/mol. The molecule has 13 heavy (non-hydrogen) atoms. The molecule has 1 fully saturated rings. The van der Waals surface area contributed by atoms with Crippen molar-refractivity contribution in [3.63, 3.8) is 0 Å². The largest absolute Gasteiger partial charge is 0.0622 e. The third kappa shape index (κ3) is 2.58. The molecule has 0 amide bonds. The standard InChI is InChI=1S/C13H18.H2/c1-3-7-12(8-4-1)11-13-9-5-2-6-10-13;/h1,3-4,7-8,13H,2,5-6,9-11H2;1H. The van der Waals surface area contributed by atoms with Gasteiger partial charge in [0.15, 0.2) is 0 Å². The van der Waals surface area contributed by atoms with Gasteiger partial charge in [0.05, 0.1) is 0 Å². The zero-order valence-corrected chi connectivity index (χ0v) is 8.21. The predicted molar refractivity (Wildman–Crippen MR) is 58.8 cm³/mol. The van der Waals surface area contributed by atoms with Crippen LogP contribution in [0.2, 0.25) is 0 Å². The molecule has 0 aliphatic heterocycles. The van der Waals surface area contributed by atoms with Crippen molar-refractivity contribution in [3.8, 4) is 0 Å². The van der Waals surface area contributed by atoms with Gasteiger partial charge in [0.25, 0.3) is 0 Å². The summed E-state index contributed by atoms with van der Waals surface area (Å²) in [5, 5.41) is 0. The van der Waals surface area contributed by atoms with Gasteiger partial charge in [-0.2, -0.15) is 0 Å². The Morgan fingerprint density at radius 2 is 1.69 bits per heavy atom. The van der Waals surface area contributed by atoms with Crippen LogP contribution in [-0.2, 0) is 6.42 Å². The highest BCUT2D eigenvalue weighted by Crippen LogP contribution is 2.26. The summed E-state index contributed by atoms with van der Waals surface area (Å²) in [6.45, 7) is 0. The smallest absolute Gasteiger partial charge is 0 e. The Morgan fingerprint density at radius 1 is 1.00 bits per heavy atom. The Morgan fingerprint density at radius 3 is 2.38 bits per heavy atom. The van der Waals surface area contributed by atoms with Gasteiger partial charge in [-0.1, -0.05) is 62.4 Å². The molecule has 0 radical (unpaired) electrons. The monoisotopic (exact) mass is 176 g/mol. The maximum absolute atomic E-state index is 2.26. The van der Waals surface area contributed by atoms with Crippen LogP contribution in [0.5, 0.6) is 0 Å². The Kier molecular flexibility index (Phi) is 3.02. The molecule has 0 heterocycles. The van der Waals surface area contributed by atoms with E-state index >= 15 is 0 Å². The zero-order chi connectivity index (χ0) is 8.93. The van der Waals surface area contributed by atoms with Gasteiger partial charge in [0, 0.05) is 1.43 Å². The van der Waals surface area contributed by atoms with Crippen LogP contribution in [0, 0.1) is 5.92 Å². The van der Waals surface area contributed by atoms with Crippen molar-refractivity contribution in [1.82, 2.24) is 0 Å². The van der Waals surface area contributed by atoms with Gasteiger partial charge in [-0.05, 0) is 17.9 Å². The predicted octanol–water partition coefficient (Wildman–Crippen LogP) is 4.06. The molecule has 0 spiro atoms. The Labute approximate surface area is 82.5 Å². The van der Waals surface area contributed by atoms with E-state index < -0.39 is 0 Å². The Balaban J connectivity index is 0.000000980. The van der Waals surface area contributed by atoms with Crippen molar-refractivity contribution >= 4 is 0 Å². The first kappa shape index (κ1) is 8.80. The number of benzene rings is 1. The van der Waals surface area contributed by atoms with Gasteiger partial charge < -0.3 is 0 Å². The fourth-order valence-corrected chi connectivity index (χ4v) is 2.34. The molecule has 1 aromatic carbocycles. The molecule has 0 N–H and O–H groups in total. The van der Waals surface area contributed by atoms with Gasteiger partial charge in [-0.25, -0.2) is 0 Å². The number of hydrogen-bond acceptors (Lipinski definition) is 0. The lowest BCUT2D eigenvalue weighted by molar-refractivity contribution is 0.356. The van der Waals surface area contributed by atoms with Crippen LogP contribution < -0.4 is 0 Å². The molecule has 0 nitrogen and oxygen atoms in total. The van der Waals surface area contributed by atoms with Crippen molar-refractivity contribution in [3.05, 3.63) is 35.9 Å². The van der Waals surface area contributed by atoms with Crippen LogP contribution in [0.15, 0.2) is 30.3 Å². The Bertz CT molecular complexity index is 237. The highest BCUT2D eigenvalue weighted by atomic mass is 14.2. The highest BCUT2D eigenvalue weighted by Gasteiger charge is 2.13. The maximum Gasteiger partial charge on any atom is 0 e. The topological polar surface area (TPSA) is 0 Å². The van der Waals surface area contributed by atoms with Crippen molar-refractivity contribution in [1.29, 1.82) is 0 Å². The summed E-state index contributed by atoms with van der Waals surface area (Å²) < 4.78 is 0. The minimum Gasteiger partial charge on any atom is -0.0622 e. The lowest BCUT2D eigenvalue weighted by Crippen LogP contribution is -2.08. The van der Waals surface area contributed by atoms with Crippen LogP contribution in [0.3, 0.4) is 0 Å². The Hall–Kier alpha value is -0.780. The van der Waals surface area contributed by atoms with E-state index in [1.165, 1.54) is 44.1 Å². The second kappa shape index (κ2) is 4.45. The lowest BCUT2D eigenvalue weighted by atomic mass is 9.85. The third-order valence-electron chi connectivity index (χ3n) is 3.09. The van der Waals surface area contributed by atoms with E-state index in [9.17, 15) is 0 Å². The zero-order valence-electron chi connectivity index (χ0n) is 8.21. The molecule has 0 atom stereocenters. The molecule has 1 aromatic rings. The number of rotatable bonds is 2. The van der Waals surface area contributed by atoms with Crippen LogP contribution in [0.25, 0.3) is 0 Å². The van der Waals surface area contributed by atoms with E-state index in [1.54, 1.807) is 0 Å². The van der Waals surface area contributed by atoms with Crippen molar-refractivity contribution in [2.45, 2.75) is 38.5 Å². The van der Waals surface area contributed by atoms with Gasteiger partial charge in [0.2, 0.25) is 0 Å². The van der Waals surface area contributed by atoms with E-state index in [1.807, 2.05) is 0 Å². The third-order valence-corrected chi connectivity index (χ3v) is 3.09. The SMILES string of the molecule is [HH].c1ccc(CC2CCCCC2)cc1. The van der Waals surface area contributed by atoms with E-state index in [0.29, 0.717) is 0 Å². The summed E-state index contributed by atoms with van der Waals surface area (Å²) in [6, 6.07) is 10.9. The summed E-state index contributed by atoms with van der Waals surface area (Å²) >= 11 is 0. The summed E-state index contributed by atoms with van der Waals surface area (Å²) in [6.07, 6.45) is 8.59. The molecule has 1 aliphatic rings. The average molecular weight is 176 g/mol. The van der Waals surface area contributed by atoms with Gasteiger partial charge in [-0.3, -0.25) is 0 Å². The van der Waals surface area contributed by atoms with E-state index in [-0.39, 0.29) is 1.43 Å². The molecule has 1 aliphatic carbocycles. The van der Waals surface area contributed by atoms with E-state index in [0.717, 1.165) is 5.92 Å². The first-order valence-corrected chi connectivity index (χ1v) is 5.49. The average Bonchev–Trinajstić information content (AvgIpc) is 2.21. The molecule has 0 bridgehead atoms. The molecule has 72 valence electrons. The summed E-state index contributed by atoms with van der Waals surface area (Å²) in [5.74, 6) is 0.969. The molecule has 1 saturated carbocycles. The van der Waals surface area contributed by atoms with Crippen molar-refractivity contribution < 1.29 is 1.43 Å². The van der Waals surface area contributed by atoms with E-state index in [2.05, 4.69) is 30.3 Å². The van der Waals surface area contributed by atoms with Gasteiger partial charge in [0.1, 0.15) is 0 Å². The van der Waals surface area contributed by atoms with Crippen LogP contribution >= 0.6 is 0 Å². The molecule has 0 unspecified atom stereocenters. The lowest BCUT2D eigenvalue weighted by Gasteiger charge is -2.21. The van der Waals surface area contributed by atoms with Crippen molar-refractivity contribution in [2.24, 2.45) is 5.92 Å². The summed E-state index contributed by atoms with van der Waals surface area (Å²) in [7, 11) is 0. The van der Waals surface area contributed by atoms with Crippen LogP contribution in [0.1, 0.15) is 39.1 Å². The highest BCUT2D eigenvalue weighted by molar-refractivity contribution is 5.15. The quantitative estimate of drug-likeness (QED) is 0.637. The second-order valence-electron chi connectivity index (χ2n) is 4.19. The molecule has 0 aromatic heterocycles. The first-order valence-electron chi connectivity index (χ1n) is 5.49. The second-order valence-corrected chi connectivity index (χ2v) is 4.19. The minimum atomic E-state index is 0. The minimum absolute atomic E-state index is 0. The van der Waals surface area contributed by atoms with Gasteiger partial charge in [-0.15, -0.1) is 0 Å². The fourth-order valence-electron chi connectivity index (χ4n) is 2.34. The normalized spacial score (nSPS) is 18.8. The first-order chi connectivity index (χ1) is 6.45. The number of hydrogen-bond donors (Lipinski definition) is 0.